The van der Waals surface area contributed by atoms with Gasteiger partial charge in [-0.1, -0.05) is 13.8 Å². The predicted molar refractivity (Wildman–Crippen MR) is 77.0 cm³/mol. The Bertz CT molecular complexity index is 179. The number of ether oxygens (including phenoxy) is 1. The maximum Gasteiger partial charge on any atom is 0.0589 e. The van der Waals surface area contributed by atoms with E-state index in [9.17, 15) is 5.11 Å². The Balaban J connectivity index is 4.04. The van der Waals surface area contributed by atoms with Crippen LogP contribution >= 0.6 is 0 Å². The summed E-state index contributed by atoms with van der Waals surface area (Å²) in [5, 5.41) is 12.7. The van der Waals surface area contributed by atoms with Gasteiger partial charge in [0.05, 0.1) is 13.2 Å². The van der Waals surface area contributed by atoms with Crippen molar-refractivity contribution in [3.63, 3.8) is 0 Å². The zero-order valence-electron chi connectivity index (χ0n) is 12.6. The van der Waals surface area contributed by atoms with Crippen LogP contribution in [-0.2, 0) is 4.74 Å². The molecule has 0 aromatic rings. The Hall–Kier alpha value is -0.160. The molecule has 110 valence electrons. The first-order valence-corrected chi connectivity index (χ1v) is 7.26. The van der Waals surface area contributed by atoms with Gasteiger partial charge in [0.1, 0.15) is 0 Å². The Morgan fingerprint density at radius 1 is 1.28 bits per heavy atom. The van der Waals surface area contributed by atoms with Crippen molar-refractivity contribution in [1.82, 2.24) is 10.2 Å². The molecule has 2 atom stereocenters. The lowest BCUT2D eigenvalue weighted by Gasteiger charge is -2.29. The second-order valence-electron chi connectivity index (χ2n) is 4.91. The first-order valence-electron chi connectivity index (χ1n) is 7.26. The lowest BCUT2D eigenvalue weighted by atomic mass is 10.1. The first-order chi connectivity index (χ1) is 8.69. The van der Waals surface area contributed by atoms with Crippen molar-refractivity contribution in [1.29, 1.82) is 0 Å². The van der Waals surface area contributed by atoms with Gasteiger partial charge >= 0.3 is 0 Å². The van der Waals surface area contributed by atoms with Crippen LogP contribution in [0.25, 0.3) is 0 Å². The van der Waals surface area contributed by atoms with Gasteiger partial charge in [-0.15, -0.1) is 0 Å². The van der Waals surface area contributed by atoms with E-state index in [1.807, 2.05) is 0 Å². The van der Waals surface area contributed by atoms with Crippen molar-refractivity contribution >= 4 is 0 Å². The van der Waals surface area contributed by atoms with E-state index in [0.717, 1.165) is 45.5 Å². The Labute approximate surface area is 113 Å². The summed E-state index contributed by atoms with van der Waals surface area (Å²) in [4.78, 5) is 2.44. The number of hydrogen-bond donors (Lipinski definition) is 2. The maximum absolute atomic E-state index is 9.33. The summed E-state index contributed by atoms with van der Waals surface area (Å²) in [6.07, 6.45) is 3.25. The molecule has 0 amide bonds. The standard InChI is InChI=1S/C14H32N2O2/c1-5-8-15-14(12-17)7-9-16(10-11-18-4)13(3)6-2/h13-15,17H,5-12H2,1-4H3. The summed E-state index contributed by atoms with van der Waals surface area (Å²) in [5.74, 6) is 0. The normalized spacial score (nSPS) is 15.0. The summed E-state index contributed by atoms with van der Waals surface area (Å²) in [5.41, 5.74) is 0. The quantitative estimate of drug-likeness (QED) is 0.558. The minimum atomic E-state index is 0.221. The first kappa shape index (κ1) is 17.8. The van der Waals surface area contributed by atoms with Gasteiger partial charge in [-0.3, -0.25) is 4.90 Å². The van der Waals surface area contributed by atoms with Crippen molar-refractivity contribution < 1.29 is 9.84 Å². The Morgan fingerprint density at radius 2 is 2.00 bits per heavy atom. The highest BCUT2D eigenvalue weighted by molar-refractivity contribution is 4.71. The van der Waals surface area contributed by atoms with E-state index in [1.165, 1.54) is 0 Å². The molecule has 0 aliphatic rings. The average molecular weight is 260 g/mol. The molecular formula is C14H32N2O2. The van der Waals surface area contributed by atoms with Gasteiger partial charge in [-0.05, 0) is 32.7 Å². The van der Waals surface area contributed by atoms with Crippen LogP contribution in [0, 0.1) is 0 Å². The Kier molecular flexibility index (Phi) is 11.8. The van der Waals surface area contributed by atoms with E-state index in [2.05, 4.69) is 31.0 Å². The molecule has 0 rings (SSSR count). The molecule has 0 heterocycles. The lowest BCUT2D eigenvalue weighted by molar-refractivity contribution is 0.115. The van der Waals surface area contributed by atoms with Crippen molar-refractivity contribution in [3.05, 3.63) is 0 Å². The molecule has 4 heteroatoms. The molecule has 0 aromatic carbocycles. The number of aliphatic hydroxyl groups excluding tert-OH is 1. The van der Waals surface area contributed by atoms with Gasteiger partial charge in [0.2, 0.25) is 0 Å². The van der Waals surface area contributed by atoms with Crippen LogP contribution in [0.2, 0.25) is 0 Å². The van der Waals surface area contributed by atoms with Gasteiger partial charge in [-0.25, -0.2) is 0 Å². The molecule has 0 aromatic heterocycles. The van der Waals surface area contributed by atoms with Crippen LogP contribution in [0.15, 0.2) is 0 Å². The molecule has 18 heavy (non-hydrogen) atoms. The van der Waals surface area contributed by atoms with Crippen molar-refractivity contribution in [2.24, 2.45) is 0 Å². The smallest absolute Gasteiger partial charge is 0.0589 e. The molecule has 0 spiro atoms. The van der Waals surface area contributed by atoms with Crippen LogP contribution < -0.4 is 5.32 Å². The molecular weight excluding hydrogens is 228 g/mol. The fourth-order valence-electron chi connectivity index (χ4n) is 1.95. The zero-order chi connectivity index (χ0) is 13.8. The fraction of sp³-hybridized carbons (Fsp3) is 1.00. The van der Waals surface area contributed by atoms with Crippen LogP contribution in [0.3, 0.4) is 0 Å². The molecule has 2 N–H and O–H groups in total. The Morgan fingerprint density at radius 3 is 2.50 bits per heavy atom. The highest BCUT2D eigenvalue weighted by Crippen LogP contribution is 2.06. The molecule has 0 aliphatic heterocycles. The third-order valence-corrected chi connectivity index (χ3v) is 3.46. The van der Waals surface area contributed by atoms with E-state index in [0.29, 0.717) is 6.04 Å². The zero-order valence-corrected chi connectivity index (χ0v) is 12.6. The molecule has 0 saturated heterocycles. The topological polar surface area (TPSA) is 44.7 Å². The molecule has 0 fully saturated rings. The third-order valence-electron chi connectivity index (χ3n) is 3.46. The van der Waals surface area contributed by atoms with Gasteiger partial charge < -0.3 is 15.2 Å². The molecule has 2 unspecified atom stereocenters. The molecule has 0 radical (unpaired) electrons. The van der Waals surface area contributed by atoms with Crippen molar-refractivity contribution in [2.75, 3.05) is 40.0 Å². The minimum Gasteiger partial charge on any atom is -0.395 e. The number of nitrogens with one attached hydrogen (secondary N) is 1. The average Bonchev–Trinajstić information content (AvgIpc) is 2.41. The van der Waals surface area contributed by atoms with E-state index in [1.54, 1.807) is 7.11 Å². The van der Waals surface area contributed by atoms with Crippen molar-refractivity contribution in [2.45, 2.75) is 52.1 Å². The second kappa shape index (κ2) is 11.9. The van der Waals surface area contributed by atoms with Gasteiger partial charge in [0.15, 0.2) is 0 Å². The summed E-state index contributed by atoms with van der Waals surface area (Å²) in [6.45, 7) is 10.6. The van der Waals surface area contributed by atoms with E-state index in [4.69, 9.17) is 4.74 Å². The largest absolute Gasteiger partial charge is 0.395 e. The monoisotopic (exact) mass is 260 g/mol. The van der Waals surface area contributed by atoms with Crippen LogP contribution in [0.1, 0.15) is 40.0 Å². The molecule has 0 aliphatic carbocycles. The number of methoxy groups -OCH3 is 1. The SMILES string of the molecule is CCCNC(CO)CCN(CCOC)C(C)CC. The number of hydrogen-bond acceptors (Lipinski definition) is 4. The number of rotatable bonds is 12. The second-order valence-corrected chi connectivity index (χ2v) is 4.91. The molecule has 0 bridgehead atoms. The summed E-state index contributed by atoms with van der Waals surface area (Å²) in [6, 6.07) is 0.796. The summed E-state index contributed by atoms with van der Waals surface area (Å²) < 4.78 is 5.16. The number of nitrogens with zero attached hydrogens (tertiary/aromatic N) is 1. The predicted octanol–water partition coefficient (Wildman–Crippen LogP) is 1.48. The highest BCUT2D eigenvalue weighted by atomic mass is 16.5. The van der Waals surface area contributed by atoms with Gasteiger partial charge in [0, 0.05) is 32.3 Å². The molecule has 0 saturated carbocycles. The van der Waals surface area contributed by atoms with E-state index in [-0.39, 0.29) is 12.6 Å². The van der Waals surface area contributed by atoms with Gasteiger partial charge in [0.25, 0.3) is 0 Å². The number of aliphatic hydroxyl groups is 1. The summed E-state index contributed by atoms with van der Waals surface area (Å²) >= 11 is 0. The molecule has 4 nitrogen and oxygen atoms in total. The van der Waals surface area contributed by atoms with E-state index >= 15 is 0 Å². The highest BCUT2D eigenvalue weighted by Gasteiger charge is 2.14. The van der Waals surface area contributed by atoms with Crippen LogP contribution in [0.5, 0.6) is 0 Å². The minimum absolute atomic E-state index is 0.221. The maximum atomic E-state index is 9.33. The summed E-state index contributed by atoms with van der Waals surface area (Å²) in [7, 11) is 1.74. The fourth-order valence-corrected chi connectivity index (χ4v) is 1.95. The van der Waals surface area contributed by atoms with Gasteiger partial charge in [-0.2, -0.15) is 0 Å². The van der Waals surface area contributed by atoms with E-state index < -0.39 is 0 Å². The van der Waals surface area contributed by atoms with Crippen LogP contribution in [0.4, 0.5) is 0 Å². The lowest BCUT2D eigenvalue weighted by Crippen LogP contribution is -2.41. The van der Waals surface area contributed by atoms with Crippen molar-refractivity contribution in [3.8, 4) is 0 Å². The third kappa shape index (κ3) is 8.03. The van der Waals surface area contributed by atoms with Crippen LogP contribution in [-0.4, -0.2) is 62.0 Å².